The lowest BCUT2D eigenvalue weighted by Gasteiger charge is -2.02. The molecule has 11 heavy (non-hydrogen) atoms. The lowest BCUT2D eigenvalue weighted by molar-refractivity contribution is 1.03. The molecule has 0 saturated carbocycles. The van der Waals surface area contributed by atoms with Gasteiger partial charge in [-0.3, -0.25) is 0 Å². The molecule has 1 heterocycles. The van der Waals surface area contributed by atoms with Crippen LogP contribution < -0.4 is 11.1 Å². The first-order valence-electron chi connectivity index (χ1n) is 3.04. The van der Waals surface area contributed by atoms with Crippen LogP contribution in [0.5, 0.6) is 0 Å². The van der Waals surface area contributed by atoms with Crippen molar-refractivity contribution >= 4 is 22.6 Å². The third-order valence-corrected chi connectivity index (χ3v) is 1.69. The average Bonchev–Trinajstić information content (AvgIpc) is 2.35. The molecule has 1 aromatic heterocycles. The predicted molar refractivity (Wildman–Crippen MR) is 46.2 cm³/mol. The summed E-state index contributed by atoms with van der Waals surface area (Å²) in [5, 5.41) is 3.60. The second kappa shape index (κ2) is 3.21. The molecule has 3 N–H and O–H groups in total. The zero-order valence-electron chi connectivity index (χ0n) is 6.03. The van der Waals surface area contributed by atoms with E-state index in [0.717, 1.165) is 0 Å². The van der Waals surface area contributed by atoms with E-state index < -0.39 is 0 Å². The standard InChI is InChI=1S/C6H8N4S/c1-3-4(2)8-6-9-5(7)10-11-6/h1,4H,2H3,(H3,7,8,9,10). The summed E-state index contributed by atoms with van der Waals surface area (Å²) in [4.78, 5) is 3.88. The van der Waals surface area contributed by atoms with Crippen LogP contribution in [-0.2, 0) is 0 Å². The normalized spacial score (nSPS) is 12.0. The van der Waals surface area contributed by atoms with Crippen molar-refractivity contribution in [3.05, 3.63) is 0 Å². The maximum Gasteiger partial charge on any atom is 0.233 e. The van der Waals surface area contributed by atoms with Gasteiger partial charge in [-0.2, -0.15) is 9.36 Å². The fourth-order valence-corrected chi connectivity index (χ4v) is 1.11. The van der Waals surface area contributed by atoms with Crippen LogP contribution in [0, 0.1) is 12.3 Å². The van der Waals surface area contributed by atoms with Gasteiger partial charge in [0.25, 0.3) is 0 Å². The number of nitrogens with two attached hydrogens (primary N) is 1. The SMILES string of the molecule is C#CC(C)Nc1nc(N)ns1. The van der Waals surface area contributed by atoms with Crippen molar-refractivity contribution in [3.8, 4) is 12.3 Å². The summed E-state index contributed by atoms with van der Waals surface area (Å²) in [6.07, 6.45) is 5.14. The number of anilines is 2. The van der Waals surface area contributed by atoms with E-state index in [9.17, 15) is 0 Å². The third-order valence-electron chi connectivity index (χ3n) is 1.03. The summed E-state index contributed by atoms with van der Waals surface area (Å²) < 4.78 is 3.78. The molecular weight excluding hydrogens is 160 g/mol. The molecule has 1 rings (SSSR count). The molecule has 1 unspecified atom stereocenters. The van der Waals surface area contributed by atoms with E-state index in [0.29, 0.717) is 5.13 Å². The molecule has 4 nitrogen and oxygen atoms in total. The Morgan fingerprint density at radius 2 is 2.55 bits per heavy atom. The van der Waals surface area contributed by atoms with E-state index in [1.165, 1.54) is 11.5 Å². The quantitative estimate of drug-likeness (QED) is 0.633. The highest BCUT2D eigenvalue weighted by molar-refractivity contribution is 7.09. The maximum atomic E-state index is 5.29. The Morgan fingerprint density at radius 1 is 1.82 bits per heavy atom. The summed E-state index contributed by atoms with van der Waals surface area (Å²) in [6.45, 7) is 1.86. The first-order valence-corrected chi connectivity index (χ1v) is 3.81. The van der Waals surface area contributed by atoms with Crippen molar-refractivity contribution in [2.45, 2.75) is 13.0 Å². The number of nitrogens with one attached hydrogen (secondary N) is 1. The van der Waals surface area contributed by atoms with Gasteiger partial charge >= 0.3 is 0 Å². The molecule has 0 saturated heterocycles. The van der Waals surface area contributed by atoms with Crippen LogP contribution >= 0.6 is 11.5 Å². The minimum absolute atomic E-state index is 0.0395. The monoisotopic (exact) mass is 168 g/mol. The Bertz CT molecular complexity index is 274. The minimum Gasteiger partial charge on any atom is -0.367 e. The van der Waals surface area contributed by atoms with Gasteiger partial charge in [0.05, 0.1) is 6.04 Å². The van der Waals surface area contributed by atoms with Gasteiger partial charge in [0.1, 0.15) is 0 Å². The largest absolute Gasteiger partial charge is 0.367 e. The smallest absolute Gasteiger partial charge is 0.233 e. The van der Waals surface area contributed by atoms with Crippen LogP contribution in [0.4, 0.5) is 11.1 Å². The average molecular weight is 168 g/mol. The number of rotatable bonds is 2. The molecule has 1 atom stereocenters. The van der Waals surface area contributed by atoms with Crippen LogP contribution in [-0.4, -0.2) is 15.4 Å². The van der Waals surface area contributed by atoms with Crippen molar-refractivity contribution < 1.29 is 0 Å². The number of hydrogen-bond donors (Lipinski definition) is 2. The van der Waals surface area contributed by atoms with Crippen LogP contribution in [0.15, 0.2) is 0 Å². The summed E-state index contributed by atoms with van der Waals surface area (Å²) in [6, 6.07) is -0.0395. The molecule has 1 aromatic rings. The lowest BCUT2D eigenvalue weighted by Crippen LogP contribution is -2.11. The van der Waals surface area contributed by atoms with Gasteiger partial charge in [-0.05, 0) is 6.92 Å². The molecule has 0 radical (unpaired) electrons. The number of nitrogens with zero attached hydrogens (tertiary/aromatic N) is 2. The van der Waals surface area contributed by atoms with Gasteiger partial charge in [0, 0.05) is 11.5 Å². The number of aromatic nitrogens is 2. The predicted octanol–water partition coefficient (Wildman–Crippen LogP) is 0.554. The second-order valence-corrected chi connectivity index (χ2v) is 2.74. The van der Waals surface area contributed by atoms with Crippen LogP contribution in [0.3, 0.4) is 0 Å². The number of hydrogen-bond acceptors (Lipinski definition) is 5. The molecule has 0 aliphatic heterocycles. The Labute approximate surface area is 69.0 Å². The Kier molecular flexibility index (Phi) is 2.28. The van der Waals surface area contributed by atoms with E-state index >= 15 is 0 Å². The zero-order chi connectivity index (χ0) is 8.27. The Morgan fingerprint density at radius 3 is 3.00 bits per heavy atom. The highest BCUT2D eigenvalue weighted by Gasteiger charge is 2.01. The molecule has 5 heteroatoms. The van der Waals surface area contributed by atoms with Gasteiger partial charge in [0.2, 0.25) is 11.1 Å². The van der Waals surface area contributed by atoms with Crippen molar-refractivity contribution in [3.63, 3.8) is 0 Å². The van der Waals surface area contributed by atoms with E-state index in [2.05, 4.69) is 20.6 Å². The molecular formula is C6H8N4S. The molecule has 0 bridgehead atoms. The van der Waals surface area contributed by atoms with E-state index in [1.807, 2.05) is 6.92 Å². The Hall–Kier alpha value is -1.28. The zero-order valence-corrected chi connectivity index (χ0v) is 6.85. The van der Waals surface area contributed by atoms with Crippen molar-refractivity contribution in [2.75, 3.05) is 11.1 Å². The minimum atomic E-state index is -0.0395. The molecule has 0 aliphatic rings. The number of nitrogen functional groups attached to an aromatic ring is 1. The van der Waals surface area contributed by atoms with Gasteiger partial charge in [-0.1, -0.05) is 5.92 Å². The second-order valence-electron chi connectivity index (χ2n) is 1.99. The third kappa shape index (κ3) is 2.09. The van der Waals surface area contributed by atoms with Crippen LogP contribution in [0.25, 0.3) is 0 Å². The van der Waals surface area contributed by atoms with E-state index in [4.69, 9.17) is 12.2 Å². The first-order chi connectivity index (χ1) is 5.22. The number of terminal acetylenes is 1. The van der Waals surface area contributed by atoms with E-state index in [1.54, 1.807) is 0 Å². The summed E-state index contributed by atoms with van der Waals surface area (Å²) in [5.74, 6) is 2.79. The fourth-order valence-electron chi connectivity index (χ4n) is 0.520. The van der Waals surface area contributed by atoms with Crippen LogP contribution in [0.2, 0.25) is 0 Å². The van der Waals surface area contributed by atoms with Crippen molar-refractivity contribution in [2.24, 2.45) is 0 Å². The van der Waals surface area contributed by atoms with Gasteiger partial charge in [0.15, 0.2) is 0 Å². The lowest BCUT2D eigenvalue weighted by atomic mass is 10.4. The highest BCUT2D eigenvalue weighted by Crippen LogP contribution is 2.12. The molecule has 58 valence electrons. The van der Waals surface area contributed by atoms with Crippen LogP contribution in [0.1, 0.15) is 6.92 Å². The molecule has 0 fully saturated rings. The molecule has 0 aliphatic carbocycles. The summed E-state index contributed by atoms with van der Waals surface area (Å²) in [7, 11) is 0. The highest BCUT2D eigenvalue weighted by atomic mass is 32.1. The van der Waals surface area contributed by atoms with Gasteiger partial charge in [-0.25, -0.2) is 0 Å². The molecule has 0 aromatic carbocycles. The maximum absolute atomic E-state index is 5.29. The molecule has 0 spiro atoms. The first kappa shape index (κ1) is 7.82. The Balaban J connectivity index is 2.59. The van der Waals surface area contributed by atoms with E-state index in [-0.39, 0.29) is 12.0 Å². The van der Waals surface area contributed by atoms with Crippen molar-refractivity contribution in [1.82, 2.24) is 9.36 Å². The van der Waals surface area contributed by atoms with Gasteiger partial charge in [-0.15, -0.1) is 6.42 Å². The summed E-state index contributed by atoms with van der Waals surface area (Å²) in [5.41, 5.74) is 5.29. The summed E-state index contributed by atoms with van der Waals surface area (Å²) >= 11 is 1.20. The van der Waals surface area contributed by atoms with Crippen molar-refractivity contribution in [1.29, 1.82) is 0 Å². The molecule has 0 amide bonds. The fraction of sp³-hybridized carbons (Fsp3) is 0.333. The van der Waals surface area contributed by atoms with Gasteiger partial charge < -0.3 is 11.1 Å². The topological polar surface area (TPSA) is 63.8 Å².